The Morgan fingerprint density at radius 2 is 1.71 bits per heavy atom. The zero-order valence-electron chi connectivity index (χ0n) is 15.7. The van der Waals surface area contributed by atoms with Crippen LogP contribution in [0, 0.1) is 11.3 Å². The topological polar surface area (TPSA) is 26.3 Å². The highest BCUT2D eigenvalue weighted by atomic mass is 28.4. The van der Waals surface area contributed by atoms with Crippen LogP contribution < -0.4 is 0 Å². The van der Waals surface area contributed by atoms with E-state index in [1.54, 1.807) is 6.92 Å². The van der Waals surface area contributed by atoms with Crippen LogP contribution >= 0.6 is 0 Å². The van der Waals surface area contributed by atoms with Gasteiger partial charge in [-0.05, 0) is 42.3 Å². The standard InChI is InChI=1S/C18H36O2Si/c1-11-12-17(6,7)13-21(10,18(8,9)15(4)5)20-16(19)14(2)3/h15H,2,11-13H2,1,3-10H3. The van der Waals surface area contributed by atoms with Gasteiger partial charge in [-0.3, -0.25) is 0 Å². The van der Waals surface area contributed by atoms with E-state index in [-0.39, 0.29) is 16.4 Å². The summed E-state index contributed by atoms with van der Waals surface area (Å²) in [6.07, 6.45) is 2.32. The van der Waals surface area contributed by atoms with Gasteiger partial charge in [-0.1, -0.05) is 61.5 Å². The highest BCUT2D eigenvalue weighted by Gasteiger charge is 2.52. The maximum absolute atomic E-state index is 12.2. The summed E-state index contributed by atoms with van der Waals surface area (Å²) in [5.74, 6) is 0.259. The Labute approximate surface area is 133 Å². The normalized spacial score (nSPS) is 15.7. The van der Waals surface area contributed by atoms with Crippen molar-refractivity contribution in [2.75, 3.05) is 0 Å². The fraction of sp³-hybridized carbons (Fsp3) is 0.833. The molecule has 0 aromatic carbocycles. The van der Waals surface area contributed by atoms with E-state index in [2.05, 4.69) is 61.6 Å². The zero-order valence-corrected chi connectivity index (χ0v) is 16.7. The summed E-state index contributed by atoms with van der Waals surface area (Å²) in [5, 5.41) is 0.0309. The molecule has 0 spiro atoms. The van der Waals surface area contributed by atoms with Crippen LogP contribution in [0.25, 0.3) is 0 Å². The molecule has 1 atom stereocenters. The summed E-state index contributed by atoms with van der Waals surface area (Å²) >= 11 is 0. The summed E-state index contributed by atoms with van der Waals surface area (Å²) in [7, 11) is -2.25. The fourth-order valence-corrected chi connectivity index (χ4v) is 7.57. The summed E-state index contributed by atoms with van der Waals surface area (Å²) in [4.78, 5) is 12.2. The molecular formula is C18H36O2Si. The third-order valence-electron chi connectivity index (χ3n) is 5.22. The van der Waals surface area contributed by atoms with Crippen molar-refractivity contribution in [3.05, 3.63) is 12.2 Å². The average Bonchev–Trinajstić information content (AvgIpc) is 2.26. The van der Waals surface area contributed by atoms with E-state index in [0.29, 0.717) is 11.5 Å². The van der Waals surface area contributed by atoms with E-state index in [1.165, 1.54) is 0 Å². The molecule has 0 fully saturated rings. The van der Waals surface area contributed by atoms with Crippen LogP contribution in [0.5, 0.6) is 0 Å². The van der Waals surface area contributed by atoms with Gasteiger partial charge in [-0.15, -0.1) is 0 Å². The molecular weight excluding hydrogens is 276 g/mol. The summed E-state index contributed by atoms with van der Waals surface area (Å²) in [5.41, 5.74) is 0.707. The first-order valence-electron chi connectivity index (χ1n) is 8.18. The molecule has 2 nitrogen and oxygen atoms in total. The number of rotatable bonds is 8. The molecule has 0 rings (SSSR count). The molecule has 124 valence electrons. The lowest BCUT2D eigenvalue weighted by Gasteiger charge is -2.47. The molecule has 21 heavy (non-hydrogen) atoms. The van der Waals surface area contributed by atoms with Gasteiger partial charge in [-0.25, -0.2) is 4.79 Å². The van der Waals surface area contributed by atoms with Crippen LogP contribution in [0.15, 0.2) is 12.2 Å². The van der Waals surface area contributed by atoms with E-state index >= 15 is 0 Å². The molecule has 0 aliphatic carbocycles. The molecule has 0 bridgehead atoms. The Morgan fingerprint density at radius 3 is 2.05 bits per heavy atom. The smallest absolute Gasteiger partial charge is 0.319 e. The van der Waals surface area contributed by atoms with E-state index in [9.17, 15) is 4.79 Å². The number of hydrogen-bond donors (Lipinski definition) is 0. The van der Waals surface area contributed by atoms with Crippen LogP contribution in [0.1, 0.15) is 68.2 Å². The molecule has 0 aliphatic heterocycles. The van der Waals surface area contributed by atoms with E-state index in [1.807, 2.05) is 0 Å². The third kappa shape index (κ3) is 5.28. The highest BCUT2D eigenvalue weighted by Crippen LogP contribution is 2.50. The van der Waals surface area contributed by atoms with E-state index in [4.69, 9.17) is 4.43 Å². The largest absolute Gasteiger partial charge is 0.516 e. The predicted molar refractivity (Wildman–Crippen MR) is 94.9 cm³/mol. The second kappa shape index (κ2) is 7.13. The quantitative estimate of drug-likeness (QED) is 0.409. The van der Waals surface area contributed by atoms with E-state index < -0.39 is 8.32 Å². The first-order valence-corrected chi connectivity index (χ1v) is 10.8. The van der Waals surface area contributed by atoms with Crippen molar-refractivity contribution >= 4 is 14.3 Å². The van der Waals surface area contributed by atoms with Crippen LogP contribution in [-0.2, 0) is 9.22 Å². The van der Waals surface area contributed by atoms with Crippen molar-refractivity contribution in [2.45, 2.75) is 85.9 Å². The molecule has 0 saturated carbocycles. The Balaban J connectivity index is 5.56. The minimum atomic E-state index is -2.25. The SMILES string of the molecule is C=C(C)C(=O)O[Si](C)(CC(C)(C)CCC)C(C)(C)C(C)C. The van der Waals surface area contributed by atoms with Crippen molar-refractivity contribution in [3.8, 4) is 0 Å². The van der Waals surface area contributed by atoms with Gasteiger partial charge in [-0.2, -0.15) is 0 Å². The Hall–Kier alpha value is -0.573. The Kier molecular flexibility index (Phi) is 6.93. The summed E-state index contributed by atoms with van der Waals surface area (Å²) < 4.78 is 6.11. The summed E-state index contributed by atoms with van der Waals surface area (Å²) in [6, 6.07) is 0.998. The van der Waals surface area contributed by atoms with Gasteiger partial charge in [0.15, 0.2) is 0 Å². The number of carbonyl (C=O) groups excluding carboxylic acids is 1. The highest BCUT2D eigenvalue weighted by molar-refractivity contribution is 6.77. The van der Waals surface area contributed by atoms with Crippen molar-refractivity contribution in [1.29, 1.82) is 0 Å². The molecule has 0 amide bonds. The van der Waals surface area contributed by atoms with Gasteiger partial charge in [0.05, 0.1) is 0 Å². The molecule has 0 aromatic rings. The third-order valence-corrected chi connectivity index (χ3v) is 10.8. The van der Waals surface area contributed by atoms with Crippen LogP contribution in [-0.4, -0.2) is 14.3 Å². The first-order chi connectivity index (χ1) is 9.29. The molecule has 0 heterocycles. The van der Waals surface area contributed by atoms with Crippen molar-refractivity contribution in [2.24, 2.45) is 11.3 Å². The molecule has 1 unspecified atom stereocenters. The molecule has 0 saturated heterocycles. The lowest BCUT2D eigenvalue weighted by molar-refractivity contribution is -0.131. The van der Waals surface area contributed by atoms with Crippen molar-refractivity contribution in [1.82, 2.24) is 0 Å². The molecule has 0 aliphatic rings. The van der Waals surface area contributed by atoms with Crippen molar-refractivity contribution in [3.63, 3.8) is 0 Å². The van der Waals surface area contributed by atoms with Crippen LogP contribution in [0.2, 0.25) is 17.6 Å². The average molecular weight is 313 g/mol. The first kappa shape index (κ1) is 20.4. The van der Waals surface area contributed by atoms with Gasteiger partial charge in [0.1, 0.15) is 0 Å². The predicted octanol–water partition coefficient (Wildman–Crippen LogP) is 5.94. The molecule has 0 N–H and O–H groups in total. The van der Waals surface area contributed by atoms with E-state index in [0.717, 1.165) is 18.9 Å². The van der Waals surface area contributed by atoms with Gasteiger partial charge in [0, 0.05) is 5.57 Å². The second-order valence-corrected chi connectivity index (χ2v) is 12.7. The number of carbonyl (C=O) groups is 1. The minimum Gasteiger partial charge on any atom is -0.516 e. The fourth-order valence-electron chi connectivity index (χ4n) is 2.98. The van der Waals surface area contributed by atoms with Gasteiger partial charge >= 0.3 is 5.97 Å². The lowest BCUT2D eigenvalue weighted by Crippen LogP contribution is -2.51. The van der Waals surface area contributed by atoms with Crippen LogP contribution in [0.3, 0.4) is 0 Å². The Bertz CT molecular complexity index is 383. The number of hydrogen-bond acceptors (Lipinski definition) is 2. The zero-order chi connectivity index (χ0) is 17.1. The lowest BCUT2D eigenvalue weighted by atomic mass is 9.90. The van der Waals surface area contributed by atoms with Crippen LogP contribution in [0.4, 0.5) is 0 Å². The molecule has 3 heteroatoms. The monoisotopic (exact) mass is 312 g/mol. The minimum absolute atomic E-state index is 0.0309. The maximum Gasteiger partial charge on any atom is 0.319 e. The maximum atomic E-state index is 12.2. The summed E-state index contributed by atoms with van der Waals surface area (Å²) in [6.45, 7) is 23.5. The van der Waals surface area contributed by atoms with Gasteiger partial charge in [0.2, 0.25) is 0 Å². The molecule has 0 radical (unpaired) electrons. The van der Waals surface area contributed by atoms with Crippen molar-refractivity contribution < 1.29 is 9.22 Å². The van der Waals surface area contributed by atoms with Gasteiger partial charge < -0.3 is 4.43 Å². The van der Waals surface area contributed by atoms with Gasteiger partial charge in [0.25, 0.3) is 8.32 Å². The molecule has 0 aromatic heterocycles. The second-order valence-electron chi connectivity index (χ2n) is 8.37. The Morgan fingerprint density at radius 1 is 1.24 bits per heavy atom.